The largest absolute Gasteiger partial charge is 0.481 e. The number of aliphatic hydroxyl groups excluding tert-OH is 1. The van der Waals surface area contributed by atoms with Crippen molar-refractivity contribution >= 4 is 46.8 Å². The number of anilines is 1. The van der Waals surface area contributed by atoms with Crippen LogP contribution in [0.5, 0.6) is 0 Å². The number of aliphatic carboxylic acids is 1. The van der Waals surface area contributed by atoms with Gasteiger partial charge in [-0.2, -0.15) is 0 Å². The van der Waals surface area contributed by atoms with Gasteiger partial charge in [0.05, 0.1) is 27.3 Å². The van der Waals surface area contributed by atoms with Gasteiger partial charge in [-0.3, -0.25) is 14.4 Å². The number of para-hydroxylation sites is 1. The van der Waals surface area contributed by atoms with Gasteiger partial charge in [-0.25, -0.2) is 0 Å². The molecular weight excluding hydrogens is 488 g/mol. The zero-order valence-corrected chi connectivity index (χ0v) is 21.5. The molecule has 7 nitrogen and oxygen atoms in total. The zero-order valence-electron chi connectivity index (χ0n) is 19.9. The number of carbonyl (C=O) groups excluding carboxylic acids is 2. The third-order valence-electron chi connectivity index (χ3n) is 7.79. The van der Waals surface area contributed by atoms with Crippen LogP contribution in [0.25, 0.3) is 0 Å². The Kier molecular flexibility index (Phi) is 7.83. The van der Waals surface area contributed by atoms with Crippen LogP contribution >= 0.6 is 23.4 Å². The number of halogens is 1. The number of thioether (sulfide) groups is 1. The van der Waals surface area contributed by atoms with Gasteiger partial charge in [0.1, 0.15) is 6.04 Å². The van der Waals surface area contributed by atoms with E-state index in [0.717, 1.165) is 12.8 Å². The van der Waals surface area contributed by atoms with Gasteiger partial charge in [-0.15, -0.1) is 18.3 Å². The van der Waals surface area contributed by atoms with Crippen LogP contribution in [0.3, 0.4) is 0 Å². The smallest absolute Gasteiger partial charge is 0.308 e. The normalized spacial score (nSPS) is 31.0. The van der Waals surface area contributed by atoms with Crippen molar-refractivity contribution in [1.82, 2.24) is 4.90 Å². The second-order valence-electron chi connectivity index (χ2n) is 9.75. The van der Waals surface area contributed by atoms with E-state index in [-0.39, 0.29) is 36.1 Å². The van der Waals surface area contributed by atoms with Crippen LogP contribution in [0.1, 0.15) is 39.0 Å². The van der Waals surface area contributed by atoms with E-state index in [1.54, 1.807) is 34.1 Å². The second kappa shape index (κ2) is 10.5. The molecule has 3 aliphatic heterocycles. The molecule has 0 saturated carbocycles. The fourth-order valence-electron chi connectivity index (χ4n) is 6.32. The van der Waals surface area contributed by atoms with Gasteiger partial charge in [-0.05, 0) is 37.3 Å². The van der Waals surface area contributed by atoms with Crippen LogP contribution in [0.2, 0.25) is 5.02 Å². The van der Waals surface area contributed by atoms with Crippen molar-refractivity contribution in [2.75, 3.05) is 24.6 Å². The van der Waals surface area contributed by atoms with Crippen LogP contribution < -0.4 is 4.90 Å². The lowest BCUT2D eigenvalue weighted by Crippen LogP contribution is -2.57. The summed E-state index contributed by atoms with van der Waals surface area (Å²) in [4.78, 5) is 43.7. The van der Waals surface area contributed by atoms with Crippen LogP contribution in [0.4, 0.5) is 5.69 Å². The summed E-state index contributed by atoms with van der Waals surface area (Å²) >= 11 is 8.01. The first-order chi connectivity index (χ1) is 16.8. The minimum Gasteiger partial charge on any atom is -0.481 e. The Hall–Kier alpha value is -2.03. The average Bonchev–Trinajstić information content (AvgIpc) is 3.41. The first-order valence-corrected chi connectivity index (χ1v) is 13.5. The Morgan fingerprint density at radius 3 is 2.66 bits per heavy atom. The molecule has 4 rings (SSSR count). The summed E-state index contributed by atoms with van der Waals surface area (Å²) in [5.74, 6) is -2.91. The molecule has 1 aromatic carbocycles. The van der Waals surface area contributed by atoms with Crippen molar-refractivity contribution in [2.45, 2.75) is 55.1 Å². The number of hydrogen-bond acceptors (Lipinski definition) is 5. The van der Waals surface area contributed by atoms with Crippen molar-refractivity contribution in [2.24, 2.45) is 17.8 Å². The lowest BCUT2D eigenvalue weighted by atomic mass is 9.66. The van der Waals surface area contributed by atoms with E-state index >= 15 is 0 Å². The number of carbonyl (C=O) groups is 3. The Labute approximate surface area is 215 Å². The van der Waals surface area contributed by atoms with Gasteiger partial charge in [0.2, 0.25) is 5.91 Å². The number of hydrogen-bond donors (Lipinski definition) is 2. The summed E-state index contributed by atoms with van der Waals surface area (Å²) in [5, 5.41) is 19.4. The lowest BCUT2D eigenvalue weighted by Gasteiger charge is -2.40. The molecule has 6 atom stereocenters. The summed E-state index contributed by atoms with van der Waals surface area (Å²) in [5.41, 5.74) is 0.550. The Bertz CT molecular complexity index is 1010. The van der Waals surface area contributed by atoms with Crippen molar-refractivity contribution < 1.29 is 24.6 Å². The van der Waals surface area contributed by atoms with Crippen molar-refractivity contribution in [1.29, 1.82) is 0 Å². The minimum atomic E-state index is -0.959. The van der Waals surface area contributed by atoms with Crippen LogP contribution in [0.15, 0.2) is 36.9 Å². The number of nitrogens with zero attached hydrogens (tertiary/aromatic N) is 2. The lowest BCUT2D eigenvalue weighted by molar-refractivity contribution is -0.149. The second-order valence-corrected chi connectivity index (χ2v) is 11.7. The molecule has 1 spiro atoms. The third-order valence-corrected chi connectivity index (χ3v) is 10.2. The molecule has 3 fully saturated rings. The molecular formula is C26H33ClN2O5S. The predicted molar refractivity (Wildman–Crippen MR) is 138 cm³/mol. The van der Waals surface area contributed by atoms with E-state index < -0.39 is 28.6 Å². The van der Waals surface area contributed by atoms with Crippen LogP contribution in [-0.4, -0.2) is 68.6 Å². The first kappa shape index (κ1) is 26.0. The highest BCUT2D eigenvalue weighted by Crippen LogP contribution is 2.68. The predicted octanol–water partition coefficient (Wildman–Crippen LogP) is 3.83. The van der Waals surface area contributed by atoms with E-state index in [0.29, 0.717) is 36.5 Å². The van der Waals surface area contributed by atoms with Gasteiger partial charge in [0, 0.05) is 24.9 Å². The molecule has 3 heterocycles. The molecule has 3 aliphatic rings. The molecule has 3 saturated heterocycles. The number of rotatable bonds is 11. The molecule has 2 bridgehead atoms. The quantitative estimate of drug-likeness (QED) is 0.340. The summed E-state index contributed by atoms with van der Waals surface area (Å²) in [6.45, 7) is 6.60. The van der Waals surface area contributed by atoms with Gasteiger partial charge in [-0.1, -0.05) is 49.6 Å². The maximum Gasteiger partial charge on any atom is 0.308 e. The number of unbranched alkanes of at least 4 members (excludes halogenated alkanes) is 3. The fraction of sp³-hybridized carbons (Fsp3) is 0.577. The highest BCUT2D eigenvalue weighted by Gasteiger charge is 2.76. The summed E-state index contributed by atoms with van der Waals surface area (Å²) in [6, 6.07) is 6.33. The van der Waals surface area contributed by atoms with Crippen molar-refractivity contribution in [3.63, 3.8) is 0 Å². The van der Waals surface area contributed by atoms with E-state index in [2.05, 4.69) is 6.58 Å². The summed E-state index contributed by atoms with van der Waals surface area (Å²) < 4.78 is -0.784. The van der Waals surface area contributed by atoms with Gasteiger partial charge in [0.15, 0.2) is 0 Å². The maximum atomic E-state index is 14.4. The first-order valence-electron chi connectivity index (χ1n) is 12.3. The van der Waals surface area contributed by atoms with Crippen LogP contribution in [0, 0.1) is 17.8 Å². The average molecular weight is 521 g/mol. The molecule has 0 aromatic heterocycles. The number of amides is 2. The number of aliphatic hydroxyl groups is 1. The van der Waals surface area contributed by atoms with E-state index in [1.165, 1.54) is 11.8 Å². The summed E-state index contributed by atoms with van der Waals surface area (Å²) in [6.07, 6.45) is 5.34. The topological polar surface area (TPSA) is 98.2 Å². The fourth-order valence-corrected chi connectivity index (χ4v) is 8.97. The monoisotopic (exact) mass is 520 g/mol. The molecule has 190 valence electrons. The molecule has 0 aliphatic carbocycles. The Morgan fingerprint density at radius 1 is 1.29 bits per heavy atom. The Morgan fingerprint density at radius 2 is 2.00 bits per heavy atom. The highest BCUT2D eigenvalue weighted by atomic mass is 35.5. The number of likely N-dealkylation sites (tertiary alicyclic amines) is 1. The summed E-state index contributed by atoms with van der Waals surface area (Å²) in [7, 11) is 0. The maximum absolute atomic E-state index is 14.4. The molecule has 9 heteroatoms. The molecule has 2 N–H and O–H groups in total. The zero-order chi connectivity index (χ0) is 25.3. The Balaban J connectivity index is 1.74. The standard InChI is InChI=1S/C26H33ClN2O5S/c1-3-12-28(18-11-7-6-10-17(18)27)24(32)22-26-16(2)15-19(35-26)20(25(33)34)21(26)23(31)29(22)13-8-4-5-9-14-30/h3,6-7,10-11,16,19-22,30H,1,4-5,8-9,12-15H2,2H3,(H,33,34)/t16?,19-,20+,21+,22?,26?/m1/s1. The van der Waals surface area contributed by atoms with E-state index in [1.807, 2.05) is 13.0 Å². The minimum absolute atomic E-state index is 0.0206. The van der Waals surface area contributed by atoms with E-state index in [9.17, 15) is 19.5 Å². The number of benzene rings is 1. The van der Waals surface area contributed by atoms with Crippen molar-refractivity contribution in [3.8, 4) is 0 Å². The number of carboxylic acid groups (broad SMARTS) is 1. The molecule has 35 heavy (non-hydrogen) atoms. The van der Waals surface area contributed by atoms with Gasteiger partial charge in [0.25, 0.3) is 5.91 Å². The van der Waals surface area contributed by atoms with Crippen molar-refractivity contribution in [3.05, 3.63) is 41.9 Å². The third kappa shape index (κ3) is 4.27. The number of fused-ring (bicyclic) bond motifs is 1. The molecule has 0 radical (unpaired) electrons. The molecule has 3 unspecified atom stereocenters. The highest BCUT2D eigenvalue weighted by molar-refractivity contribution is 8.02. The van der Waals surface area contributed by atoms with Crippen LogP contribution in [-0.2, 0) is 14.4 Å². The molecule has 1 aromatic rings. The molecule has 2 amide bonds. The number of carboxylic acids is 1. The van der Waals surface area contributed by atoms with E-state index in [4.69, 9.17) is 16.7 Å². The van der Waals surface area contributed by atoms with Gasteiger partial charge < -0.3 is 20.0 Å². The van der Waals surface area contributed by atoms with Gasteiger partial charge >= 0.3 is 5.97 Å². The SMILES string of the molecule is C=CCN(C(=O)C1N(CCCCCCO)C(=O)[C@@H]2[C@@H](C(=O)O)[C@H]3CC(C)C12S3)c1ccccc1Cl.